The van der Waals surface area contributed by atoms with Gasteiger partial charge in [0.1, 0.15) is 5.75 Å². The predicted molar refractivity (Wildman–Crippen MR) is 117 cm³/mol. The van der Waals surface area contributed by atoms with Crippen molar-refractivity contribution in [2.75, 3.05) is 20.9 Å². The van der Waals surface area contributed by atoms with E-state index in [0.29, 0.717) is 25.4 Å². The zero-order chi connectivity index (χ0) is 20.5. The number of rotatable bonds is 10. The summed E-state index contributed by atoms with van der Waals surface area (Å²) in [6, 6.07) is 15.7. The molecule has 3 aromatic rings. The van der Waals surface area contributed by atoms with Gasteiger partial charge in [-0.15, -0.1) is 22.7 Å². The van der Waals surface area contributed by atoms with Gasteiger partial charge in [-0.05, 0) is 40.6 Å². The SMILES string of the molecule is CN(C)NCc1cccc(OCOC(=O)N(Cc2cccs2)Cc2cccs2)c1. The van der Waals surface area contributed by atoms with Crippen LogP contribution in [0.2, 0.25) is 0 Å². The van der Waals surface area contributed by atoms with Crippen LogP contribution in [0, 0.1) is 0 Å². The van der Waals surface area contributed by atoms with Crippen LogP contribution in [0.25, 0.3) is 0 Å². The Kier molecular flexibility index (Phi) is 8.06. The van der Waals surface area contributed by atoms with E-state index in [4.69, 9.17) is 9.47 Å². The summed E-state index contributed by atoms with van der Waals surface area (Å²) < 4.78 is 11.0. The van der Waals surface area contributed by atoms with Gasteiger partial charge in [0.25, 0.3) is 0 Å². The monoisotopic (exact) mass is 431 g/mol. The van der Waals surface area contributed by atoms with Gasteiger partial charge in [0.15, 0.2) is 0 Å². The highest BCUT2D eigenvalue weighted by atomic mass is 32.1. The Hall–Kier alpha value is -2.39. The molecular weight excluding hydrogens is 406 g/mol. The number of hydrogen-bond donors (Lipinski definition) is 1. The number of benzene rings is 1. The van der Waals surface area contributed by atoms with E-state index in [1.54, 1.807) is 27.6 Å². The number of nitrogens with one attached hydrogen (secondary N) is 1. The topological polar surface area (TPSA) is 54.0 Å². The van der Waals surface area contributed by atoms with Crippen molar-refractivity contribution >= 4 is 28.8 Å². The van der Waals surface area contributed by atoms with Crippen LogP contribution >= 0.6 is 22.7 Å². The van der Waals surface area contributed by atoms with Crippen molar-refractivity contribution in [3.8, 4) is 5.75 Å². The van der Waals surface area contributed by atoms with Crippen LogP contribution in [0.5, 0.6) is 5.75 Å². The molecule has 2 heterocycles. The van der Waals surface area contributed by atoms with E-state index in [-0.39, 0.29) is 6.79 Å². The Labute approximate surface area is 179 Å². The molecule has 29 heavy (non-hydrogen) atoms. The van der Waals surface area contributed by atoms with Crippen LogP contribution < -0.4 is 10.2 Å². The molecule has 0 aliphatic heterocycles. The van der Waals surface area contributed by atoms with E-state index >= 15 is 0 Å². The second kappa shape index (κ2) is 11.0. The molecule has 0 radical (unpaired) electrons. The fourth-order valence-corrected chi connectivity index (χ4v) is 4.04. The van der Waals surface area contributed by atoms with Gasteiger partial charge in [-0.3, -0.25) is 15.3 Å². The van der Waals surface area contributed by atoms with Crippen LogP contribution in [-0.4, -0.2) is 36.9 Å². The average Bonchev–Trinajstić information content (AvgIpc) is 3.40. The maximum atomic E-state index is 12.6. The largest absolute Gasteiger partial charge is 0.457 e. The molecule has 0 bridgehead atoms. The number of amides is 1. The van der Waals surface area contributed by atoms with Gasteiger partial charge in [-0.1, -0.05) is 24.3 Å². The normalized spacial score (nSPS) is 10.9. The lowest BCUT2D eigenvalue weighted by Gasteiger charge is -2.21. The Bertz CT molecular complexity index is 831. The first-order valence-corrected chi connectivity index (χ1v) is 10.9. The summed E-state index contributed by atoms with van der Waals surface area (Å²) in [5.74, 6) is 0.666. The molecule has 1 amide bonds. The quantitative estimate of drug-likeness (QED) is 0.377. The van der Waals surface area contributed by atoms with Crippen molar-refractivity contribution in [2.45, 2.75) is 19.6 Å². The van der Waals surface area contributed by atoms with E-state index in [9.17, 15) is 4.79 Å². The summed E-state index contributed by atoms with van der Waals surface area (Å²) in [6.45, 7) is 1.59. The summed E-state index contributed by atoms with van der Waals surface area (Å²) in [5, 5.41) is 5.90. The molecule has 0 spiro atoms. The van der Waals surface area contributed by atoms with Crippen molar-refractivity contribution in [1.29, 1.82) is 0 Å². The van der Waals surface area contributed by atoms with Crippen LogP contribution in [0.1, 0.15) is 15.3 Å². The van der Waals surface area contributed by atoms with Crippen molar-refractivity contribution in [2.24, 2.45) is 0 Å². The third kappa shape index (κ3) is 7.17. The molecule has 0 atom stereocenters. The zero-order valence-electron chi connectivity index (χ0n) is 16.5. The molecule has 0 aliphatic rings. The van der Waals surface area contributed by atoms with E-state index in [0.717, 1.165) is 15.3 Å². The predicted octanol–water partition coefficient (Wildman–Crippen LogP) is 4.55. The third-order valence-corrected chi connectivity index (χ3v) is 5.74. The first kappa shape index (κ1) is 21.3. The van der Waals surface area contributed by atoms with E-state index in [2.05, 4.69) is 5.43 Å². The van der Waals surface area contributed by atoms with E-state index < -0.39 is 6.09 Å². The molecule has 1 aromatic carbocycles. The van der Waals surface area contributed by atoms with Crippen molar-refractivity contribution < 1.29 is 14.3 Å². The molecule has 0 unspecified atom stereocenters. The zero-order valence-corrected chi connectivity index (χ0v) is 18.2. The minimum absolute atomic E-state index is 0.130. The lowest BCUT2D eigenvalue weighted by Crippen LogP contribution is -2.31. The molecule has 0 saturated heterocycles. The van der Waals surface area contributed by atoms with Crippen molar-refractivity contribution in [3.63, 3.8) is 0 Å². The summed E-state index contributed by atoms with van der Waals surface area (Å²) in [4.78, 5) is 16.6. The molecule has 8 heteroatoms. The number of carbonyl (C=O) groups excluding carboxylic acids is 1. The summed E-state index contributed by atoms with van der Waals surface area (Å²) >= 11 is 3.25. The highest BCUT2D eigenvalue weighted by molar-refractivity contribution is 7.10. The first-order chi connectivity index (χ1) is 14.1. The lowest BCUT2D eigenvalue weighted by atomic mass is 10.2. The maximum absolute atomic E-state index is 12.6. The average molecular weight is 432 g/mol. The molecule has 154 valence electrons. The Morgan fingerprint density at radius 1 is 1.00 bits per heavy atom. The summed E-state index contributed by atoms with van der Waals surface area (Å²) in [6.07, 6.45) is -0.391. The molecule has 0 saturated carbocycles. The number of hydrogen-bond acceptors (Lipinski definition) is 7. The highest BCUT2D eigenvalue weighted by Gasteiger charge is 2.17. The molecule has 3 rings (SSSR count). The Morgan fingerprint density at radius 3 is 2.28 bits per heavy atom. The second-order valence-electron chi connectivity index (χ2n) is 6.56. The molecule has 6 nitrogen and oxygen atoms in total. The number of nitrogens with zero attached hydrogens (tertiary/aromatic N) is 2. The summed E-state index contributed by atoms with van der Waals surface area (Å²) in [7, 11) is 3.88. The van der Waals surface area contributed by atoms with Crippen LogP contribution in [0.4, 0.5) is 4.79 Å². The van der Waals surface area contributed by atoms with Crippen LogP contribution in [0.15, 0.2) is 59.3 Å². The van der Waals surface area contributed by atoms with Gasteiger partial charge < -0.3 is 9.47 Å². The first-order valence-electron chi connectivity index (χ1n) is 9.19. The van der Waals surface area contributed by atoms with Gasteiger partial charge >= 0.3 is 6.09 Å². The summed E-state index contributed by atoms with van der Waals surface area (Å²) in [5.41, 5.74) is 4.29. The standard InChI is InChI=1S/C21H25N3O3S2/c1-23(2)22-13-17-6-3-7-18(12-17)26-16-27-21(25)24(14-19-8-4-10-28-19)15-20-9-5-11-29-20/h3-12,22H,13-16H2,1-2H3. The van der Waals surface area contributed by atoms with Crippen molar-refractivity contribution in [1.82, 2.24) is 15.3 Å². The van der Waals surface area contributed by atoms with Gasteiger partial charge in [-0.25, -0.2) is 4.79 Å². The minimum Gasteiger partial charge on any atom is -0.457 e. The van der Waals surface area contributed by atoms with Gasteiger partial charge in [-0.2, -0.15) is 0 Å². The maximum Gasteiger partial charge on any atom is 0.413 e. The van der Waals surface area contributed by atoms with Crippen LogP contribution in [0.3, 0.4) is 0 Å². The van der Waals surface area contributed by atoms with Gasteiger partial charge in [0.05, 0.1) is 13.1 Å². The number of hydrazine groups is 1. The Morgan fingerprint density at radius 2 is 1.69 bits per heavy atom. The smallest absolute Gasteiger partial charge is 0.413 e. The highest BCUT2D eigenvalue weighted by Crippen LogP contribution is 2.18. The molecule has 2 aromatic heterocycles. The van der Waals surface area contributed by atoms with Crippen LogP contribution in [-0.2, 0) is 24.4 Å². The fourth-order valence-electron chi connectivity index (χ4n) is 2.60. The van der Waals surface area contributed by atoms with E-state index in [1.165, 1.54) is 0 Å². The van der Waals surface area contributed by atoms with Gasteiger partial charge in [0, 0.05) is 30.4 Å². The molecule has 0 aliphatic carbocycles. The third-order valence-electron chi connectivity index (χ3n) is 4.02. The second-order valence-corrected chi connectivity index (χ2v) is 8.63. The lowest BCUT2D eigenvalue weighted by molar-refractivity contribution is 0.0322. The number of carbonyl (C=O) groups is 1. The molecule has 0 fully saturated rings. The minimum atomic E-state index is -0.391. The number of ether oxygens (including phenoxy) is 2. The fraction of sp³-hybridized carbons (Fsp3) is 0.286. The Balaban J connectivity index is 1.53. The molecule has 1 N–H and O–H groups in total. The van der Waals surface area contributed by atoms with E-state index in [1.807, 2.05) is 78.4 Å². The number of thiophene rings is 2. The van der Waals surface area contributed by atoms with Crippen molar-refractivity contribution in [3.05, 3.63) is 74.6 Å². The molecular formula is C21H25N3O3S2. The van der Waals surface area contributed by atoms with Gasteiger partial charge in [0.2, 0.25) is 6.79 Å².